The second-order valence-electron chi connectivity index (χ2n) is 7.91. The summed E-state index contributed by atoms with van der Waals surface area (Å²) in [4.78, 5) is 26.0. The Labute approximate surface area is 203 Å². The highest BCUT2D eigenvalue weighted by molar-refractivity contribution is 6.30. The fraction of sp³-hybridized carbons (Fsp3) is 0.148. The van der Waals surface area contributed by atoms with Crippen LogP contribution in [0, 0.1) is 0 Å². The predicted molar refractivity (Wildman–Crippen MR) is 132 cm³/mol. The normalized spacial score (nSPS) is 11.6. The van der Waals surface area contributed by atoms with E-state index in [-0.39, 0.29) is 11.8 Å². The molecule has 4 rings (SSSR count). The highest BCUT2D eigenvalue weighted by Gasteiger charge is 2.22. The van der Waals surface area contributed by atoms with Crippen molar-refractivity contribution in [2.45, 2.75) is 25.6 Å². The highest BCUT2D eigenvalue weighted by atomic mass is 35.5. The van der Waals surface area contributed by atoms with Crippen molar-refractivity contribution in [1.82, 2.24) is 20.4 Å². The summed E-state index contributed by atoms with van der Waals surface area (Å²) < 4.78 is 1.84. The van der Waals surface area contributed by atoms with Gasteiger partial charge in [-0.2, -0.15) is 5.10 Å². The SMILES string of the molecule is O=C(NC(Cc1ccccc1)C(=O)NCc1ccccc1Cn1cccn1)c1ccc(Cl)cc1. The third-order valence-electron chi connectivity index (χ3n) is 5.47. The summed E-state index contributed by atoms with van der Waals surface area (Å²) in [6, 6.07) is 25.3. The lowest BCUT2D eigenvalue weighted by Crippen LogP contribution is -2.47. The fourth-order valence-corrected chi connectivity index (χ4v) is 3.79. The Morgan fingerprint density at radius 2 is 1.59 bits per heavy atom. The number of benzene rings is 3. The van der Waals surface area contributed by atoms with Crippen molar-refractivity contribution in [3.8, 4) is 0 Å². The van der Waals surface area contributed by atoms with Crippen LogP contribution in [0.5, 0.6) is 0 Å². The lowest BCUT2D eigenvalue weighted by atomic mass is 10.0. The number of nitrogens with one attached hydrogen (secondary N) is 2. The number of hydrogen-bond acceptors (Lipinski definition) is 3. The van der Waals surface area contributed by atoms with Gasteiger partial charge in [0.25, 0.3) is 5.91 Å². The quantitative estimate of drug-likeness (QED) is 0.382. The molecular weight excluding hydrogens is 448 g/mol. The maximum Gasteiger partial charge on any atom is 0.251 e. The van der Waals surface area contributed by atoms with Crippen molar-refractivity contribution in [3.63, 3.8) is 0 Å². The van der Waals surface area contributed by atoms with E-state index in [1.807, 2.05) is 71.5 Å². The predicted octanol–water partition coefficient (Wildman–Crippen LogP) is 4.24. The summed E-state index contributed by atoms with van der Waals surface area (Å²) in [5.74, 6) is -0.577. The molecule has 1 aromatic heterocycles. The number of aromatic nitrogens is 2. The first-order valence-electron chi connectivity index (χ1n) is 11.0. The number of carbonyl (C=O) groups is 2. The third kappa shape index (κ3) is 6.33. The Morgan fingerprint density at radius 3 is 2.29 bits per heavy atom. The maximum absolute atomic E-state index is 13.2. The van der Waals surface area contributed by atoms with Crippen LogP contribution in [0.25, 0.3) is 0 Å². The number of nitrogens with zero attached hydrogens (tertiary/aromatic N) is 2. The van der Waals surface area contributed by atoms with E-state index < -0.39 is 6.04 Å². The van der Waals surface area contributed by atoms with Gasteiger partial charge in [0.05, 0.1) is 6.54 Å². The molecule has 0 aliphatic carbocycles. The second-order valence-corrected chi connectivity index (χ2v) is 8.35. The zero-order chi connectivity index (χ0) is 23.8. The smallest absolute Gasteiger partial charge is 0.251 e. The Bertz CT molecular complexity index is 1230. The lowest BCUT2D eigenvalue weighted by Gasteiger charge is -2.19. The van der Waals surface area contributed by atoms with Gasteiger partial charge in [0, 0.05) is 35.9 Å². The molecule has 1 unspecified atom stereocenters. The van der Waals surface area contributed by atoms with Gasteiger partial charge >= 0.3 is 0 Å². The molecule has 0 saturated carbocycles. The molecular formula is C27H25ClN4O2. The van der Waals surface area contributed by atoms with E-state index in [0.717, 1.165) is 16.7 Å². The molecule has 34 heavy (non-hydrogen) atoms. The molecule has 1 atom stereocenters. The summed E-state index contributed by atoms with van der Waals surface area (Å²) in [6.07, 6.45) is 4.01. The number of rotatable bonds is 9. The van der Waals surface area contributed by atoms with Crippen LogP contribution < -0.4 is 10.6 Å². The van der Waals surface area contributed by atoms with Gasteiger partial charge in [-0.25, -0.2) is 0 Å². The number of carbonyl (C=O) groups excluding carboxylic acids is 2. The minimum atomic E-state index is -0.733. The molecule has 0 spiro atoms. The molecule has 3 aromatic carbocycles. The number of amides is 2. The van der Waals surface area contributed by atoms with Crippen molar-refractivity contribution in [2.24, 2.45) is 0 Å². The average Bonchev–Trinajstić information content (AvgIpc) is 3.37. The van der Waals surface area contributed by atoms with E-state index >= 15 is 0 Å². The topological polar surface area (TPSA) is 76.0 Å². The first-order valence-corrected chi connectivity index (χ1v) is 11.4. The van der Waals surface area contributed by atoms with Crippen molar-refractivity contribution in [3.05, 3.63) is 125 Å². The Kier molecular flexibility index (Phi) is 7.73. The minimum absolute atomic E-state index is 0.250. The molecule has 7 heteroatoms. The third-order valence-corrected chi connectivity index (χ3v) is 5.73. The minimum Gasteiger partial charge on any atom is -0.350 e. The second kappa shape index (κ2) is 11.3. The molecule has 172 valence electrons. The molecule has 2 amide bonds. The van der Waals surface area contributed by atoms with Gasteiger partial charge in [-0.15, -0.1) is 0 Å². The van der Waals surface area contributed by atoms with Crippen LogP contribution in [0.3, 0.4) is 0 Å². The highest BCUT2D eigenvalue weighted by Crippen LogP contribution is 2.12. The van der Waals surface area contributed by atoms with Gasteiger partial charge in [0.15, 0.2) is 0 Å². The molecule has 0 bridgehead atoms. The summed E-state index contributed by atoms with van der Waals surface area (Å²) in [5, 5.41) is 10.7. The molecule has 2 N–H and O–H groups in total. The molecule has 6 nitrogen and oxygen atoms in total. The maximum atomic E-state index is 13.2. The monoisotopic (exact) mass is 472 g/mol. The largest absolute Gasteiger partial charge is 0.350 e. The van der Waals surface area contributed by atoms with Crippen LogP contribution in [-0.2, 0) is 24.3 Å². The average molecular weight is 473 g/mol. The van der Waals surface area contributed by atoms with Crippen LogP contribution in [0.2, 0.25) is 5.02 Å². The summed E-state index contributed by atoms with van der Waals surface area (Å²) >= 11 is 5.94. The number of hydrogen-bond donors (Lipinski definition) is 2. The Balaban J connectivity index is 1.47. The van der Waals surface area contributed by atoms with Gasteiger partial charge in [-0.1, -0.05) is 66.2 Å². The standard InChI is InChI=1S/C27H25ClN4O2/c28-24-13-11-21(12-14-24)26(33)31-25(17-20-7-2-1-3-8-20)27(34)29-18-22-9-4-5-10-23(22)19-32-16-6-15-30-32/h1-16,25H,17-19H2,(H,29,34)(H,31,33). The van der Waals surface area contributed by atoms with Crippen molar-refractivity contribution in [2.75, 3.05) is 0 Å². The van der Waals surface area contributed by atoms with E-state index in [9.17, 15) is 9.59 Å². The van der Waals surface area contributed by atoms with Crippen molar-refractivity contribution < 1.29 is 9.59 Å². The van der Waals surface area contributed by atoms with Crippen LogP contribution in [-0.4, -0.2) is 27.6 Å². The zero-order valence-corrected chi connectivity index (χ0v) is 19.3. The lowest BCUT2D eigenvalue weighted by molar-refractivity contribution is -0.123. The van der Waals surface area contributed by atoms with Crippen LogP contribution in [0.1, 0.15) is 27.0 Å². The van der Waals surface area contributed by atoms with Gasteiger partial charge in [0.1, 0.15) is 6.04 Å². The van der Waals surface area contributed by atoms with E-state index in [0.29, 0.717) is 30.1 Å². The summed E-state index contributed by atoms with van der Waals surface area (Å²) in [7, 11) is 0. The summed E-state index contributed by atoms with van der Waals surface area (Å²) in [6.45, 7) is 0.957. The molecule has 0 fully saturated rings. The Morgan fingerprint density at radius 1 is 0.882 bits per heavy atom. The molecule has 0 aliphatic rings. The molecule has 4 aromatic rings. The molecule has 0 saturated heterocycles. The number of halogens is 1. The van der Waals surface area contributed by atoms with E-state index in [4.69, 9.17) is 11.6 Å². The molecule has 0 aliphatic heterocycles. The summed E-state index contributed by atoms with van der Waals surface area (Å²) in [5.41, 5.74) is 3.46. The first kappa shape index (κ1) is 23.3. The van der Waals surface area contributed by atoms with Gasteiger partial charge in [-0.05, 0) is 47.0 Å². The van der Waals surface area contributed by atoms with Crippen LogP contribution in [0.15, 0.2) is 97.3 Å². The van der Waals surface area contributed by atoms with Crippen LogP contribution in [0.4, 0.5) is 0 Å². The zero-order valence-electron chi connectivity index (χ0n) is 18.5. The van der Waals surface area contributed by atoms with E-state index in [1.165, 1.54) is 0 Å². The van der Waals surface area contributed by atoms with Gasteiger partial charge in [-0.3, -0.25) is 14.3 Å². The van der Waals surface area contributed by atoms with E-state index in [1.54, 1.807) is 30.5 Å². The van der Waals surface area contributed by atoms with Crippen molar-refractivity contribution in [1.29, 1.82) is 0 Å². The van der Waals surface area contributed by atoms with Gasteiger partial charge < -0.3 is 10.6 Å². The molecule has 1 heterocycles. The van der Waals surface area contributed by atoms with Crippen LogP contribution >= 0.6 is 11.6 Å². The van der Waals surface area contributed by atoms with Crippen molar-refractivity contribution >= 4 is 23.4 Å². The fourth-order valence-electron chi connectivity index (χ4n) is 3.66. The van der Waals surface area contributed by atoms with Gasteiger partial charge in [0.2, 0.25) is 5.91 Å². The molecule has 0 radical (unpaired) electrons. The Hall–Kier alpha value is -3.90. The first-order chi connectivity index (χ1) is 16.6. The van der Waals surface area contributed by atoms with E-state index in [2.05, 4.69) is 15.7 Å².